The normalized spacial score (nSPS) is 11.8. The van der Waals surface area contributed by atoms with Crippen LogP contribution in [0.3, 0.4) is 0 Å². The summed E-state index contributed by atoms with van der Waals surface area (Å²) in [5.41, 5.74) is 1.59. The molecule has 0 saturated carbocycles. The molecule has 9 nitrogen and oxygen atoms in total. The Morgan fingerprint density at radius 2 is 2.07 bits per heavy atom. The average molecular weight is 424 g/mol. The molecular weight excluding hydrogens is 408 g/mol. The molecule has 0 fully saturated rings. The Morgan fingerprint density at radius 1 is 1.27 bits per heavy atom. The van der Waals surface area contributed by atoms with Gasteiger partial charge in [0, 0.05) is 37.4 Å². The van der Waals surface area contributed by atoms with E-state index in [1.54, 1.807) is 23.8 Å². The molecule has 0 unspecified atom stereocenters. The highest BCUT2D eigenvalue weighted by Gasteiger charge is 2.16. The highest BCUT2D eigenvalue weighted by Crippen LogP contribution is 2.24. The molecule has 0 bridgehead atoms. The van der Waals surface area contributed by atoms with Crippen molar-refractivity contribution < 1.29 is 19.0 Å². The predicted molar refractivity (Wildman–Crippen MR) is 110 cm³/mol. The van der Waals surface area contributed by atoms with Gasteiger partial charge in [0.05, 0.1) is 21.7 Å². The summed E-state index contributed by atoms with van der Waals surface area (Å²) in [6.45, 7) is 0.834. The second-order valence-corrected chi connectivity index (χ2v) is 7.31. The van der Waals surface area contributed by atoms with Gasteiger partial charge in [0.25, 0.3) is 5.69 Å². The molecule has 152 valence electrons. The van der Waals surface area contributed by atoms with E-state index in [1.165, 1.54) is 23.5 Å². The van der Waals surface area contributed by atoms with Gasteiger partial charge in [-0.25, -0.2) is 0 Å². The minimum absolute atomic E-state index is 0.0236. The van der Waals surface area contributed by atoms with Crippen LogP contribution < -0.4 is 4.80 Å². The highest BCUT2D eigenvalue weighted by atomic mass is 32.1. The lowest BCUT2D eigenvalue weighted by Crippen LogP contribution is -2.19. The molecule has 2 aromatic heterocycles. The van der Waals surface area contributed by atoms with Gasteiger partial charge in [-0.2, -0.15) is 4.99 Å². The molecule has 10 heteroatoms. The molecule has 0 atom stereocenters. The average Bonchev–Trinajstić information content (AvgIpc) is 3.37. The van der Waals surface area contributed by atoms with Crippen LogP contribution >= 0.6 is 11.3 Å². The third-order valence-corrected chi connectivity index (χ3v) is 5.42. The van der Waals surface area contributed by atoms with Crippen LogP contribution in [0.25, 0.3) is 21.5 Å². The smallest absolute Gasteiger partial charge is 0.301 e. The number of rotatable bonds is 6. The van der Waals surface area contributed by atoms with Crippen LogP contribution in [-0.4, -0.2) is 34.3 Å². The van der Waals surface area contributed by atoms with E-state index in [1.807, 2.05) is 30.3 Å². The topological polar surface area (TPSA) is 113 Å². The van der Waals surface area contributed by atoms with Gasteiger partial charge in [-0.1, -0.05) is 46.8 Å². The van der Waals surface area contributed by atoms with Crippen molar-refractivity contribution in [1.82, 2.24) is 9.72 Å². The number of amides is 1. The van der Waals surface area contributed by atoms with Gasteiger partial charge >= 0.3 is 5.91 Å². The fraction of sp³-hybridized carbons (Fsp3) is 0.150. The first-order valence-electron chi connectivity index (χ1n) is 8.95. The summed E-state index contributed by atoms with van der Waals surface area (Å²) in [5, 5.41) is 14.9. The molecule has 4 aromatic rings. The van der Waals surface area contributed by atoms with E-state index in [9.17, 15) is 14.9 Å². The molecule has 2 aromatic carbocycles. The summed E-state index contributed by atoms with van der Waals surface area (Å²) in [6.07, 6.45) is 0. The molecule has 0 saturated heterocycles. The van der Waals surface area contributed by atoms with E-state index >= 15 is 0 Å². The van der Waals surface area contributed by atoms with Crippen LogP contribution in [0.2, 0.25) is 0 Å². The number of fused-ring (bicyclic) bond motifs is 1. The van der Waals surface area contributed by atoms with Gasteiger partial charge in [-0.15, -0.1) is 0 Å². The molecule has 0 aliphatic heterocycles. The van der Waals surface area contributed by atoms with Crippen molar-refractivity contribution in [2.24, 2.45) is 4.99 Å². The van der Waals surface area contributed by atoms with E-state index in [4.69, 9.17) is 9.26 Å². The minimum Gasteiger partial charge on any atom is -0.383 e. The number of nitro benzene ring substituents is 1. The molecule has 0 aliphatic carbocycles. The summed E-state index contributed by atoms with van der Waals surface area (Å²) in [7, 11) is 1.57. The lowest BCUT2D eigenvalue weighted by molar-refractivity contribution is -0.384. The quantitative estimate of drug-likeness (QED) is 0.345. The molecule has 1 amide bonds. The standard InChI is InChI=1S/C20H16N4O5S/c1-28-10-9-23-16-8-7-14(24(26)27)11-18(16)30-20(23)21-19(25)15-12-17(29-22-15)13-5-3-2-4-6-13/h2-8,11-12H,9-10H2,1H3. The Balaban J connectivity index is 1.74. The molecule has 2 heterocycles. The van der Waals surface area contributed by atoms with Gasteiger partial charge in [-0.05, 0) is 6.07 Å². The number of nitro groups is 1. The number of carbonyl (C=O) groups excluding carboxylic acids is 1. The molecule has 30 heavy (non-hydrogen) atoms. The van der Waals surface area contributed by atoms with Crippen LogP contribution in [0, 0.1) is 10.1 Å². The number of nitrogens with zero attached hydrogens (tertiary/aromatic N) is 4. The minimum atomic E-state index is -0.562. The van der Waals surface area contributed by atoms with Gasteiger partial charge in [0.15, 0.2) is 16.3 Å². The van der Waals surface area contributed by atoms with Gasteiger partial charge in [0.2, 0.25) is 0 Å². The Bertz CT molecular complexity index is 1290. The highest BCUT2D eigenvalue weighted by molar-refractivity contribution is 7.16. The number of carbonyl (C=O) groups is 1. The second-order valence-electron chi connectivity index (χ2n) is 6.30. The van der Waals surface area contributed by atoms with Gasteiger partial charge in [-0.3, -0.25) is 14.9 Å². The Labute approximate surface area is 174 Å². The summed E-state index contributed by atoms with van der Waals surface area (Å²) in [6, 6.07) is 15.4. The summed E-state index contributed by atoms with van der Waals surface area (Å²) >= 11 is 1.19. The van der Waals surface area contributed by atoms with Crippen molar-refractivity contribution in [2.75, 3.05) is 13.7 Å². The summed E-state index contributed by atoms with van der Waals surface area (Å²) in [5.74, 6) is -0.0958. The number of benzene rings is 2. The lowest BCUT2D eigenvalue weighted by Gasteiger charge is -2.03. The Kier molecular flexibility index (Phi) is 5.50. The third kappa shape index (κ3) is 3.91. The predicted octanol–water partition coefficient (Wildman–Crippen LogP) is 3.65. The van der Waals surface area contributed by atoms with Crippen LogP contribution in [0.1, 0.15) is 10.5 Å². The lowest BCUT2D eigenvalue weighted by atomic mass is 10.1. The summed E-state index contributed by atoms with van der Waals surface area (Å²) < 4.78 is 12.9. The third-order valence-electron chi connectivity index (χ3n) is 4.38. The molecular formula is C20H16N4O5S. The maximum Gasteiger partial charge on any atom is 0.301 e. The molecule has 0 aliphatic rings. The second kappa shape index (κ2) is 8.39. The maximum absolute atomic E-state index is 12.7. The Hall–Kier alpha value is -3.63. The van der Waals surface area contributed by atoms with Crippen molar-refractivity contribution in [2.45, 2.75) is 6.54 Å². The van der Waals surface area contributed by atoms with E-state index in [0.29, 0.717) is 28.4 Å². The number of non-ortho nitro benzene ring substituents is 1. The zero-order valence-corrected chi connectivity index (χ0v) is 16.7. The SMILES string of the molecule is COCCn1c(=NC(=O)c2cc(-c3ccccc3)on2)sc2cc([N+](=O)[O-])ccc21. The van der Waals surface area contributed by atoms with Crippen molar-refractivity contribution in [3.05, 3.63) is 75.2 Å². The molecule has 0 spiro atoms. The summed E-state index contributed by atoms with van der Waals surface area (Å²) in [4.78, 5) is 27.9. The first-order valence-corrected chi connectivity index (χ1v) is 9.76. The van der Waals surface area contributed by atoms with E-state index < -0.39 is 10.8 Å². The molecule has 0 radical (unpaired) electrons. The largest absolute Gasteiger partial charge is 0.383 e. The van der Waals surface area contributed by atoms with Crippen LogP contribution in [-0.2, 0) is 11.3 Å². The number of ether oxygens (including phenoxy) is 1. The number of aromatic nitrogens is 2. The zero-order valence-electron chi connectivity index (χ0n) is 15.8. The van der Waals surface area contributed by atoms with Crippen molar-refractivity contribution in [3.63, 3.8) is 0 Å². The van der Waals surface area contributed by atoms with Gasteiger partial charge < -0.3 is 13.8 Å². The molecule has 4 rings (SSSR count). The number of thiazole rings is 1. The van der Waals surface area contributed by atoms with E-state index in [2.05, 4.69) is 10.1 Å². The Morgan fingerprint density at radius 3 is 2.80 bits per heavy atom. The first-order chi connectivity index (χ1) is 14.6. The first kappa shape index (κ1) is 19.7. The number of hydrogen-bond acceptors (Lipinski definition) is 7. The van der Waals surface area contributed by atoms with Crippen LogP contribution in [0.15, 0.2) is 64.1 Å². The van der Waals surface area contributed by atoms with Crippen LogP contribution in [0.5, 0.6) is 0 Å². The van der Waals surface area contributed by atoms with Crippen molar-refractivity contribution >= 4 is 33.1 Å². The fourth-order valence-electron chi connectivity index (χ4n) is 2.92. The maximum atomic E-state index is 12.7. The van der Waals surface area contributed by atoms with E-state index in [-0.39, 0.29) is 11.4 Å². The van der Waals surface area contributed by atoms with E-state index in [0.717, 1.165) is 11.1 Å². The number of hydrogen-bond donors (Lipinski definition) is 0. The zero-order chi connectivity index (χ0) is 21.1. The van der Waals surface area contributed by atoms with Crippen LogP contribution in [0.4, 0.5) is 5.69 Å². The molecule has 0 N–H and O–H groups in total. The fourth-order valence-corrected chi connectivity index (χ4v) is 4.01. The van der Waals surface area contributed by atoms with Crippen molar-refractivity contribution in [1.29, 1.82) is 0 Å². The van der Waals surface area contributed by atoms with Gasteiger partial charge in [0.1, 0.15) is 0 Å². The number of methoxy groups -OCH3 is 1. The van der Waals surface area contributed by atoms with Crippen molar-refractivity contribution in [3.8, 4) is 11.3 Å². The monoisotopic (exact) mass is 424 g/mol.